The predicted molar refractivity (Wildman–Crippen MR) is 169 cm³/mol. The van der Waals surface area contributed by atoms with Gasteiger partial charge in [-0.15, -0.1) is 11.8 Å². The van der Waals surface area contributed by atoms with E-state index >= 15 is 0 Å². The summed E-state index contributed by atoms with van der Waals surface area (Å²) in [5, 5.41) is 13.8. The van der Waals surface area contributed by atoms with Crippen molar-refractivity contribution in [1.82, 2.24) is 9.55 Å². The first-order valence-corrected chi connectivity index (χ1v) is 15.7. The summed E-state index contributed by atoms with van der Waals surface area (Å²) in [6, 6.07) is 26.2. The maximum Gasteiger partial charge on any atom is 1.00 e. The summed E-state index contributed by atoms with van der Waals surface area (Å²) in [4.78, 5) is 17.4. The second-order valence-electron chi connectivity index (χ2n) is 10.8. The molecule has 0 saturated heterocycles. The zero-order chi connectivity index (χ0) is 29.9. The van der Waals surface area contributed by atoms with Gasteiger partial charge in [0.05, 0.1) is 35.6 Å². The monoisotopic (exact) mass is 634 g/mol. The van der Waals surface area contributed by atoms with Gasteiger partial charge in [0.25, 0.3) is 0 Å². The van der Waals surface area contributed by atoms with Crippen LogP contribution in [0, 0.1) is 0 Å². The Hall–Kier alpha value is -2.78. The molecule has 1 aliphatic rings. The second-order valence-corrected chi connectivity index (χ2v) is 12.7. The smallest absolute Gasteiger partial charge is 0.547 e. The van der Waals surface area contributed by atoms with E-state index in [-0.39, 0.29) is 36.2 Å². The zero-order valence-electron chi connectivity index (χ0n) is 25.1. The molecule has 220 valence electrons. The topological polar surface area (TPSA) is 76.4 Å². The number of hydrogen-bond donors (Lipinski definition) is 0. The van der Waals surface area contributed by atoms with Gasteiger partial charge in [-0.3, -0.25) is 4.98 Å². The summed E-state index contributed by atoms with van der Waals surface area (Å²) >= 11 is 7.96. The molecular weight excluding hydrogens is 603 g/mol. The van der Waals surface area contributed by atoms with Crippen LogP contribution in [0.15, 0.2) is 90.0 Å². The molecule has 0 fully saturated rings. The van der Waals surface area contributed by atoms with E-state index in [2.05, 4.69) is 40.7 Å². The average Bonchev–Trinajstić information content (AvgIpc) is 3.31. The first-order valence-electron chi connectivity index (χ1n) is 14.4. The molecular formula is C35H32ClN2NaO4S. The summed E-state index contributed by atoms with van der Waals surface area (Å²) < 4.78 is 14.6. The van der Waals surface area contributed by atoms with Crippen molar-refractivity contribution < 1.29 is 48.9 Å². The fraction of sp³-hybridized carbons (Fsp3) is 0.257. The van der Waals surface area contributed by atoms with Crippen molar-refractivity contribution in [2.45, 2.75) is 62.7 Å². The molecule has 0 radical (unpaired) electrons. The number of rotatable bonds is 11. The van der Waals surface area contributed by atoms with E-state index in [1.807, 2.05) is 60.8 Å². The Balaban J connectivity index is 0.00000384. The number of carboxylic acid groups (broad SMARTS) is 1. The minimum absolute atomic E-state index is 0. The molecule has 1 aliphatic heterocycles. The van der Waals surface area contributed by atoms with Gasteiger partial charge in [0.2, 0.25) is 0 Å². The van der Waals surface area contributed by atoms with Crippen LogP contribution in [0.1, 0.15) is 42.8 Å². The first-order chi connectivity index (χ1) is 20.9. The number of thioether (sulfide) groups is 1. The molecule has 5 aromatic rings. The van der Waals surface area contributed by atoms with Gasteiger partial charge in [-0.05, 0) is 54.3 Å². The van der Waals surface area contributed by atoms with Crippen molar-refractivity contribution in [3.8, 4) is 16.9 Å². The third-order valence-corrected chi connectivity index (χ3v) is 9.28. The molecule has 0 aliphatic carbocycles. The molecule has 6 rings (SSSR count). The van der Waals surface area contributed by atoms with Crippen LogP contribution in [-0.4, -0.2) is 26.9 Å². The Morgan fingerprint density at radius 2 is 1.82 bits per heavy atom. The van der Waals surface area contributed by atoms with Crippen molar-refractivity contribution >= 4 is 40.2 Å². The molecule has 0 N–H and O–H groups in total. The Morgan fingerprint density at radius 1 is 1.05 bits per heavy atom. The third kappa shape index (κ3) is 7.04. The Kier molecular flexibility index (Phi) is 10.8. The van der Waals surface area contributed by atoms with E-state index in [0.29, 0.717) is 29.8 Å². The number of pyridine rings is 1. The van der Waals surface area contributed by atoms with Gasteiger partial charge in [-0.2, -0.15) is 0 Å². The number of ether oxygens (including phenoxy) is 2. The molecule has 6 nitrogen and oxygen atoms in total. The van der Waals surface area contributed by atoms with E-state index in [4.69, 9.17) is 21.1 Å². The summed E-state index contributed by atoms with van der Waals surface area (Å²) in [6.45, 7) is 5.11. The molecule has 0 amide bonds. The van der Waals surface area contributed by atoms with Crippen molar-refractivity contribution in [3.05, 3.63) is 113 Å². The standard InChI is InChI=1S/C35H33ClN2O4S.Na/c1-3-31(35(39)40)42-21-30-34-33-28(17-22(2)43-34)32(16-15-29(33)38(30)19-23-9-12-26(36)13-10-23)41-20-27-14-11-25(18-37-27)24-7-5-4-6-8-24;/h4-16,18,22,31H,3,17,19-21H2,1-2H3,(H,39,40);/q;+1/p-1. The van der Waals surface area contributed by atoms with Gasteiger partial charge < -0.3 is 23.9 Å². The summed E-state index contributed by atoms with van der Waals surface area (Å²) in [5.74, 6) is -0.355. The predicted octanol–water partition coefficient (Wildman–Crippen LogP) is 4.07. The molecule has 0 bridgehead atoms. The van der Waals surface area contributed by atoms with E-state index < -0.39 is 12.1 Å². The Bertz CT molecular complexity index is 1740. The van der Waals surface area contributed by atoms with Gasteiger partial charge in [0.15, 0.2) is 0 Å². The Morgan fingerprint density at radius 3 is 2.50 bits per heavy atom. The minimum Gasteiger partial charge on any atom is -0.547 e. The van der Waals surface area contributed by atoms with E-state index in [1.54, 1.807) is 18.7 Å². The molecule has 9 heteroatoms. The van der Waals surface area contributed by atoms with Crippen LogP contribution in [0.5, 0.6) is 5.75 Å². The van der Waals surface area contributed by atoms with Crippen LogP contribution in [-0.2, 0) is 35.7 Å². The molecule has 2 aromatic heterocycles. The summed E-state index contributed by atoms with van der Waals surface area (Å²) in [7, 11) is 0. The molecule has 44 heavy (non-hydrogen) atoms. The molecule has 2 atom stereocenters. The quantitative estimate of drug-likeness (QED) is 0.204. The normalized spacial score (nSPS) is 14.7. The first kappa shape index (κ1) is 32.6. The number of nitrogens with zero attached hydrogens (tertiary/aromatic N) is 2. The SMILES string of the molecule is CCC(OCc1c2c3c(c(OCc4ccc(-c5ccccc5)cn4)ccc3n1Cc1ccc(Cl)cc1)CC(C)S2)C(=O)[O-].[Na+]. The van der Waals surface area contributed by atoms with Gasteiger partial charge in [0.1, 0.15) is 12.4 Å². The van der Waals surface area contributed by atoms with Crippen LogP contribution < -0.4 is 39.4 Å². The van der Waals surface area contributed by atoms with Gasteiger partial charge in [-0.25, -0.2) is 0 Å². The second kappa shape index (κ2) is 14.5. The molecule has 0 saturated carbocycles. The van der Waals surface area contributed by atoms with Gasteiger partial charge in [-0.1, -0.05) is 74.0 Å². The van der Waals surface area contributed by atoms with E-state index in [9.17, 15) is 9.90 Å². The molecule has 0 spiro atoms. The van der Waals surface area contributed by atoms with Gasteiger partial charge in [0, 0.05) is 44.4 Å². The third-order valence-electron chi connectivity index (χ3n) is 7.78. The summed E-state index contributed by atoms with van der Waals surface area (Å²) in [5.41, 5.74) is 7.32. The number of aromatic nitrogens is 2. The van der Waals surface area contributed by atoms with E-state index in [1.165, 1.54) is 0 Å². The molecule has 3 aromatic carbocycles. The number of carbonyl (C=O) groups excluding carboxylic acids is 1. The molecule has 2 unspecified atom stereocenters. The number of carboxylic acids is 1. The van der Waals surface area contributed by atoms with Crippen LogP contribution in [0.2, 0.25) is 5.02 Å². The fourth-order valence-electron chi connectivity index (χ4n) is 5.59. The number of benzene rings is 3. The zero-order valence-corrected chi connectivity index (χ0v) is 28.7. The van der Waals surface area contributed by atoms with Crippen molar-refractivity contribution in [3.63, 3.8) is 0 Å². The summed E-state index contributed by atoms with van der Waals surface area (Å²) in [6.07, 6.45) is 2.10. The largest absolute Gasteiger partial charge is 1.00 e. The maximum absolute atomic E-state index is 11.6. The van der Waals surface area contributed by atoms with Crippen LogP contribution >= 0.6 is 23.4 Å². The van der Waals surface area contributed by atoms with Crippen LogP contribution in [0.3, 0.4) is 0 Å². The Labute approximate surface area is 289 Å². The number of carbonyl (C=O) groups is 1. The van der Waals surface area contributed by atoms with Crippen LogP contribution in [0.4, 0.5) is 0 Å². The fourth-order valence-corrected chi connectivity index (χ4v) is 7.02. The number of hydrogen-bond acceptors (Lipinski definition) is 6. The number of aliphatic carboxylic acids is 1. The van der Waals surface area contributed by atoms with Crippen LogP contribution in [0.25, 0.3) is 22.0 Å². The van der Waals surface area contributed by atoms with Gasteiger partial charge >= 0.3 is 29.6 Å². The van der Waals surface area contributed by atoms with E-state index in [0.717, 1.165) is 61.6 Å². The average molecular weight is 635 g/mol. The van der Waals surface area contributed by atoms with Crippen molar-refractivity contribution in [2.24, 2.45) is 0 Å². The maximum atomic E-state index is 11.6. The molecule has 3 heterocycles. The number of halogens is 1. The van der Waals surface area contributed by atoms with Crippen molar-refractivity contribution in [2.75, 3.05) is 0 Å². The minimum atomic E-state index is -1.20. The van der Waals surface area contributed by atoms with Crippen molar-refractivity contribution in [1.29, 1.82) is 0 Å².